The Balaban J connectivity index is 1.33. The Morgan fingerprint density at radius 2 is 1.87 bits per heavy atom. The fraction of sp³-hybridized carbons (Fsp3) is 0.300. The van der Waals surface area contributed by atoms with Crippen molar-refractivity contribution in [2.45, 2.75) is 13.1 Å². The second-order valence-corrected chi connectivity index (χ2v) is 8.97. The maximum absolute atomic E-state index is 12.9. The number of amides is 1. The van der Waals surface area contributed by atoms with E-state index in [4.69, 9.17) is 23.2 Å². The number of halogens is 2. The van der Waals surface area contributed by atoms with Crippen LogP contribution in [0.3, 0.4) is 0 Å². The van der Waals surface area contributed by atoms with Crippen molar-refractivity contribution in [3.8, 4) is 0 Å². The van der Waals surface area contributed by atoms with E-state index in [9.17, 15) is 14.9 Å². The van der Waals surface area contributed by atoms with Gasteiger partial charge in [0.25, 0.3) is 5.91 Å². The van der Waals surface area contributed by atoms with E-state index in [1.165, 1.54) is 28.4 Å². The molecule has 2 aromatic heterocycles. The van der Waals surface area contributed by atoms with Gasteiger partial charge in [-0.05, 0) is 29.1 Å². The molecule has 0 atom stereocenters. The SMILES string of the molecule is O=C(c1cc(Cn2cc([N+](=O)[O-])cn2)cs1)N1CCN(Cc2c(Cl)cccc2Cl)CC1. The highest BCUT2D eigenvalue weighted by molar-refractivity contribution is 7.12. The van der Waals surface area contributed by atoms with Crippen LogP contribution >= 0.6 is 34.5 Å². The van der Waals surface area contributed by atoms with Gasteiger partial charge in [0.1, 0.15) is 12.4 Å². The van der Waals surface area contributed by atoms with E-state index in [-0.39, 0.29) is 11.6 Å². The zero-order valence-electron chi connectivity index (χ0n) is 16.4. The third-order valence-electron chi connectivity index (χ3n) is 5.14. The second kappa shape index (κ2) is 9.35. The number of piperazine rings is 1. The Labute approximate surface area is 192 Å². The maximum atomic E-state index is 12.9. The zero-order chi connectivity index (χ0) is 22.0. The topological polar surface area (TPSA) is 84.5 Å². The van der Waals surface area contributed by atoms with Crippen molar-refractivity contribution in [2.24, 2.45) is 0 Å². The molecule has 3 aromatic rings. The summed E-state index contributed by atoms with van der Waals surface area (Å²) >= 11 is 13.9. The van der Waals surface area contributed by atoms with E-state index in [0.717, 1.165) is 24.2 Å². The van der Waals surface area contributed by atoms with E-state index in [1.807, 2.05) is 34.5 Å². The van der Waals surface area contributed by atoms with E-state index in [0.29, 0.717) is 41.1 Å². The van der Waals surface area contributed by atoms with Crippen molar-refractivity contribution in [1.82, 2.24) is 19.6 Å². The average molecular weight is 480 g/mol. The minimum Gasteiger partial charge on any atom is -0.335 e. The average Bonchev–Trinajstić information content (AvgIpc) is 3.41. The molecule has 1 fully saturated rings. The molecule has 31 heavy (non-hydrogen) atoms. The quantitative estimate of drug-likeness (QED) is 0.391. The van der Waals surface area contributed by atoms with E-state index in [1.54, 1.807) is 0 Å². The van der Waals surface area contributed by atoms with Crippen molar-refractivity contribution in [3.05, 3.63) is 78.2 Å². The molecule has 4 rings (SSSR count). The maximum Gasteiger partial charge on any atom is 0.307 e. The minimum absolute atomic E-state index is 0.00174. The van der Waals surface area contributed by atoms with Gasteiger partial charge in [-0.1, -0.05) is 29.3 Å². The summed E-state index contributed by atoms with van der Waals surface area (Å²) in [4.78, 5) is 27.9. The Hall–Kier alpha value is -2.46. The number of carbonyl (C=O) groups excluding carboxylic acids is 1. The van der Waals surface area contributed by atoms with Crippen molar-refractivity contribution < 1.29 is 9.72 Å². The molecule has 0 N–H and O–H groups in total. The van der Waals surface area contributed by atoms with Crippen LogP contribution in [0.15, 0.2) is 42.0 Å². The number of nitro groups is 1. The standard InChI is InChI=1S/C20H19Cl2N5O3S/c21-17-2-1-3-18(22)16(17)12-24-4-6-25(7-5-24)20(28)19-8-14(13-31-19)10-26-11-15(9-23-26)27(29)30/h1-3,8-9,11,13H,4-7,10,12H2. The van der Waals surface area contributed by atoms with Gasteiger partial charge < -0.3 is 4.90 Å². The molecule has 162 valence electrons. The highest BCUT2D eigenvalue weighted by Crippen LogP contribution is 2.26. The van der Waals surface area contributed by atoms with Crippen molar-refractivity contribution in [2.75, 3.05) is 26.2 Å². The lowest BCUT2D eigenvalue weighted by molar-refractivity contribution is -0.385. The number of thiophene rings is 1. The summed E-state index contributed by atoms with van der Waals surface area (Å²) in [5.74, 6) is -0.00174. The molecule has 8 nitrogen and oxygen atoms in total. The fourth-order valence-corrected chi connectivity index (χ4v) is 4.85. The van der Waals surface area contributed by atoms with Gasteiger partial charge in [0.05, 0.1) is 16.3 Å². The first-order valence-electron chi connectivity index (χ1n) is 9.59. The molecule has 0 spiro atoms. The van der Waals surface area contributed by atoms with Crippen LogP contribution in [0.4, 0.5) is 5.69 Å². The molecule has 0 bridgehead atoms. The summed E-state index contributed by atoms with van der Waals surface area (Å²) in [7, 11) is 0. The van der Waals surface area contributed by atoms with Gasteiger partial charge in [0.15, 0.2) is 0 Å². The normalized spacial score (nSPS) is 14.7. The summed E-state index contributed by atoms with van der Waals surface area (Å²) in [6.07, 6.45) is 2.59. The highest BCUT2D eigenvalue weighted by atomic mass is 35.5. The van der Waals surface area contributed by atoms with E-state index < -0.39 is 4.92 Å². The molecule has 1 saturated heterocycles. The summed E-state index contributed by atoms with van der Waals surface area (Å²) in [6.45, 7) is 3.76. The number of rotatable bonds is 6. The van der Waals surface area contributed by atoms with Gasteiger partial charge in [-0.25, -0.2) is 0 Å². The molecule has 11 heteroatoms. The van der Waals surface area contributed by atoms with Crippen LogP contribution < -0.4 is 0 Å². The fourth-order valence-electron chi connectivity index (χ4n) is 3.46. The van der Waals surface area contributed by atoms with Gasteiger partial charge in [-0.15, -0.1) is 11.3 Å². The first-order chi connectivity index (χ1) is 14.9. The number of hydrogen-bond acceptors (Lipinski definition) is 6. The van der Waals surface area contributed by atoms with E-state index >= 15 is 0 Å². The van der Waals surface area contributed by atoms with Gasteiger partial charge in [0.2, 0.25) is 0 Å². The molecule has 1 aliphatic heterocycles. The van der Waals surface area contributed by atoms with Crippen LogP contribution in [-0.4, -0.2) is 56.6 Å². The largest absolute Gasteiger partial charge is 0.335 e. The third kappa shape index (κ3) is 5.07. The lowest BCUT2D eigenvalue weighted by atomic mass is 10.2. The number of hydrogen-bond donors (Lipinski definition) is 0. The smallest absolute Gasteiger partial charge is 0.307 e. The highest BCUT2D eigenvalue weighted by Gasteiger charge is 2.24. The lowest BCUT2D eigenvalue weighted by Crippen LogP contribution is -2.48. The molecular formula is C20H19Cl2N5O3S. The van der Waals surface area contributed by atoms with Crippen molar-refractivity contribution in [3.63, 3.8) is 0 Å². The second-order valence-electron chi connectivity index (χ2n) is 7.24. The predicted molar refractivity (Wildman–Crippen MR) is 120 cm³/mol. The number of benzene rings is 1. The third-order valence-corrected chi connectivity index (χ3v) is 6.82. The molecule has 0 unspecified atom stereocenters. The molecule has 0 radical (unpaired) electrons. The predicted octanol–water partition coefficient (Wildman–Crippen LogP) is 4.17. The molecule has 1 amide bonds. The first kappa shape index (κ1) is 21.8. The van der Waals surface area contributed by atoms with E-state index in [2.05, 4.69) is 10.00 Å². The first-order valence-corrected chi connectivity index (χ1v) is 11.2. The minimum atomic E-state index is -0.481. The summed E-state index contributed by atoms with van der Waals surface area (Å²) in [5.41, 5.74) is 1.74. The van der Waals surface area contributed by atoms with Gasteiger partial charge in [-0.2, -0.15) is 5.10 Å². The summed E-state index contributed by atoms with van der Waals surface area (Å²) in [5, 5.41) is 18.0. The van der Waals surface area contributed by atoms with Crippen LogP contribution in [0.25, 0.3) is 0 Å². The molecule has 0 saturated carbocycles. The monoisotopic (exact) mass is 479 g/mol. The number of aromatic nitrogens is 2. The number of carbonyl (C=O) groups is 1. The lowest BCUT2D eigenvalue weighted by Gasteiger charge is -2.34. The molecule has 3 heterocycles. The Morgan fingerprint density at radius 1 is 1.16 bits per heavy atom. The van der Waals surface area contributed by atoms with Crippen molar-refractivity contribution >= 4 is 46.1 Å². The molecular weight excluding hydrogens is 461 g/mol. The van der Waals surface area contributed by atoms with Gasteiger partial charge in [-0.3, -0.25) is 24.5 Å². The zero-order valence-corrected chi connectivity index (χ0v) is 18.7. The molecule has 0 aliphatic carbocycles. The Bertz CT molecular complexity index is 1090. The Kier molecular flexibility index (Phi) is 6.57. The summed E-state index contributed by atoms with van der Waals surface area (Å²) < 4.78 is 1.49. The molecule has 1 aliphatic rings. The van der Waals surface area contributed by atoms with Gasteiger partial charge in [0, 0.05) is 48.3 Å². The van der Waals surface area contributed by atoms with Crippen LogP contribution in [0.5, 0.6) is 0 Å². The number of nitrogens with zero attached hydrogens (tertiary/aromatic N) is 5. The summed E-state index contributed by atoms with van der Waals surface area (Å²) in [6, 6.07) is 7.32. The van der Waals surface area contributed by atoms with Gasteiger partial charge >= 0.3 is 5.69 Å². The molecule has 1 aromatic carbocycles. The van der Waals surface area contributed by atoms with Crippen LogP contribution in [-0.2, 0) is 13.1 Å². The van der Waals surface area contributed by atoms with Crippen LogP contribution in [0.1, 0.15) is 20.8 Å². The van der Waals surface area contributed by atoms with Crippen LogP contribution in [0, 0.1) is 10.1 Å². The van der Waals surface area contributed by atoms with Crippen molar-refractivity contribution in [1.29, 1.82) is 0 Å². The van der Waals surface area contributed by atoms with Crippen LogP contribution in [0.2, 0.25) is 10.0 Å². The Morgan fingerprint density at radius 3 is 2.52 bits per heavy atom.